The van der Waals surface area contributed by atoms with Gasteiger partial charge in [-0.3, -0.25) is 4.79 Å². The molecule has 1 aromatic heterocycles. The van der Waals surface area contributed by atoms with Crippen LogP contribution < -0.4 is 4.74 Å². The van der Waals surface area contributed by atoms with Gasteiger partial charge in [0.25, 0.3) is 5.91 Å². The number of methoxy groups -OCH3 is 1. The molecule has 1 amide bonds. The van der Waals surface area contributed by atoms with Crippen molar-refractivity contribution in [1.29, 1.82) is 0 Å². The summed E-state index contributed by atoms with van der Waals surface area (Å²) in [5.41, 5.74) is 6.70. The predicted molar refractivity (Wildman–Crippen MR) is 150 cm³/mol. The minimum absolute atomic E-state index is 0.0116. The Labute approximate surface area is 225 Å². The van der Waals surface area contributed by atoms with E-state index in [0.717, 1.165) is 50.2 Å². The van der Waals surface area contributed by atoms with Gasteiger partial charge in [-0.25, -0.2) is 0 Å². The molecule has 4 aromatic carbocycles. The maximum absolute atomic E-state index is 13.9. The van der Waals surface area contributed by atoms with Crippen molar-refractivity contribution in [1.82, 2.24) is 9.47 Å². The molecule has 37 heavy (non-hydrogen) atoms. The lowest BCUT2D eigenvalue weighted by atomic mass is 9.93. The van der Waals surface area contributed by atoms with E-state index >= 15 is 0 Å². The van der Waals surface area contributed by atoms with E-state index in [1.165, 1.54) is 0 Å². The third-order valence-corrected chi connectivity index (χ3v) is 7.72. The second-order valence-corrected chi connectivity index (χ2v) is 10.1. The molecule has 184 valence electrons. The molecule has 6 heteroatoms. The quantitative estimate of drug-likeness (QED) is 0.233. The van der Waals surface area contributed by atoms with Gasteiger partial charge in [0, 0.05) is 46.2 Å². The van der Waals surface area contributed by atoms with E-state index in [1.807, 2.05) is 78.7 Å². The van der Waals surface area contributed by atoms with Crippen LogP contribution in [0.4, 0.5) is 0 Å². The summed E-state index contributed by atoms with van der Waals surface area (Å²) in [6.45, 7) is 0.458. The summed E-state index contributed by atoms with van der Waals surface area (Å²) in [6.07, 6.45) is 0. The highest BCUT2D eigenvalue weighted by molar-refractivity contribution is 6.36. The zero-order valence-electron chi connectivity index (χ0n) is 20.4. The SMILES string of the molecule is COc1ccc(CN2C(=O)c3ccccc3[C@H]2c2c(-c3ccc(Cl)cc3Cl)n(C)c3ccccc23)cc1. The number of ether oxygens (including phenoxy) is 1. The van der Waals surface area contributed by atoms with Crippen molar-refractivity contribution < 1.29 is 9.53 Å². The van der Waals surface area contributed by atoms with Crippen molar-refractivity contribution >= 4 is 40.0 Å². The Balaban J connectivity index is 1.61. The molecule has 1 aliphatic rings. The van der Waals surface area contributed by atoms with Gasteiger partial charge < -0.3 is 14.2 Å². The number of rotatable bonds is 5. The molecule has 1 atom stereocenters. The molecule has 0 N–H and O–H groups in total. The van der Waals surface area contributed by atoms with Gasteiger partial charge in [-0.15, -0.1) is 0 Å². The average molecular weight is 527 g/mol. The lowest BCUT2D eigenvalue weighted by Crippen LogP contribution is -2.28. The molecule has 0 saturated carbocycles. The van der Waals surface area contributed by atoms with Crippen molar-refractivity contribution in [2.75, 3.05) is 7.11 Å². The third kappa shape index (κ3) is 3.88. The minimum atomic E-state index is -0.293. The fraction of sp³-hybridized carbons (Fsp3) is 0.129. The molecule has 0 saturated heterocycles. The van der Waals surface area contributed by atoms with Crippen LogP contribution in [0.3, 0.4) is 0 Å². The summed E-state index contributed by atoms with van der Waals surface area (Å²) in [5, 5.41) is 2.23. The second-order valence-electron chi connectivity index (χ2n) is 9.23. The van der Waals surface area contributed by atoms with E-state index in [2.05, 4.69) is 22.8 Å². The van der Waals surface area contributed by atoms with Crippen molar-refractivity contribution in [2.24, 2.45) is 7.05 Å². The smallest absolute Gasteiger partial charge is 0.255 e. The van der Waals surface area contributed by atoms with E-state index in [4.69, 9.17) is 27.9 Å². The normalized spacial score (nSPS) is 14.9. The third-order valence-electron chi connectivity index (χ3n) is 7.18. The Hall–Kier alpha value is -3.73. The summed E-state index contributed by atoms with van der Waals surface area (Å²) in [4.78, 5) is 15.8. The van der Waals surface area contributed by atoms with Crippen LogP contribution in [0.2, 0.25) is 10.0 Å². The number of carbonyl (C=O) groups excluding carboxylic acids is 1. The van der Waals surface area contributed by atoms with Gasteiger partial charge in [0.05, 0.1) is 23.9 Å². The largest absolute Gasteiger partial charge is 0.497 e. The number of hydrogen-bond donors (Lipinski definition) is 0. The van der Waals surface area contributed by atoms with Gasteiger partial charge in [0.15, 0.2) is 0 Å². The van der Waals surface area contributed by atoms with Crippen LogP contribution in [0.15, 0.2) is 91.0 Å². The van der Waals surface area contributed by atoms with Gasteiger partial charge in [0.2, 0.25) is 0 Å². The van der Waals surface area contributed by atoms with E-state index < -0.39 is 0 Å². The number of carbonyl (C=O) groups is 1. The Morgan fingerprint density at radius 2 is 1.59 bits per heavy atom. The van der Waals surface area contributed by atoms with Gasteiger partial charge in [0.1, 0.15) is 5.75 Å². The van der Waals surface area contributed by atoms with Crippen molar-refractivity contribution in [3.8, 4) is 17.0 Å². The number of amides is 1. The van der Waals surface area contributed by atoms with E-state index in [1.54, 1.807) is 13.2 Å². The number of aromatic nitrogens is 1. The average Bonchev–Trinajstić information content (AvgIpc) is 3.35. The molecule has 6 rings (SSSR count). The van der Waals surface area contributed by atoms with Crippen molar-refractivity contribution in [2.45, 2.75) is 12.6 Å². The molecule has 0 spiro atoms. The molecular formula is C31H24Cl2N2O2. The highest BCUT2D eigenvalue weighted by Gasteiger charge is 2.40. The minimum Gasteiger partial charge on any atom is -0.497 e. The molecule has 0 aliphatic carbocycles. The van der Waals surface area contributed by atoms with E-state index in [0.29, 0.717) is 16.6 Å². The number of hydrogen-bond acceptors (Lipinski definition) is 2. The fourth-order valence-corrected chi connectivity index (χ4v) is 5.98. The van der Waals surface area contributed by atoms with Crippen LogP contribution in [0, 0.1) is 0 Å². The molecule has 4 nitrogen and oxygen atoms in total. The Bertz CT molecular complexity index is 1660. The second kappa shape index (κ2) is 9.29. The summed E-state index contributed by atoms with van der Waals surface area (Å²) in [7, 11) is 3.69. The first-order valence-corrected chi connectivity index (χ1v) is 12.8. The lowest BCUT2D eigenvalue weighted by Gasteiger charge is -2.27. The summed E-state index contributed by atoms with van der Waals surface area (Å²) >= 11 is 13.0. The highest BCUT2D eigenvalue weighted by atomic mass is 35.5. The fourth-order valence-electron chi connectivity index (χ4n) is 5.48. The number of benzene rings is 4. The zero-order chi connectivity index (χ0) is 25.7. The lowest BCUT2D eigenvalue weighted by molar-refractivity contribution is 0.0737. The Morgan fingerprint density at radius 3 is 2.35 bits per heavy atom. The molecule has 1 aliphatic heterocycles. The molecular weight excluding hydrogens is 503 g/mol. The highest BCUT2D eigenvalue weighted by Crippen LogP contribution is 2.48. The molecule has 0 unspecified atom stereocenters. The zero-order valence-corrected chi connectivity index (χ0v) is 21.9. The standard InChI is InChI=1S/C31H24Cl2N2O2/c1-34-27-10-6-5-9-25(27)28(29(34)24-16-13-20(32)17-26(24)33)30-22-7-3-4-8-23(22)31(36)35(30)18-19-11-14-21(37-2)15-12-19/h3-17,30H,18H2,1-2H3/t30-/m0/s1. The number of fused-ring (bicyclic) bond motifs is 2. The topological polar surface area (TPSA) is 34.5 Å². The van der Waals surface area contributed by atoms with Crippen molar-refractivity contribution in [3.63, 3.8) is 0 Å². The molecule has 5 aromatic rings. The van der Waals surface area contributed by atoms with Crippen LogP contribution in [-0.4, -0.2) is 22.5 Å². The van der Waals surface area contributed by atoms with Crippen LogP contribution in [0.5, 0.6) is 5.75 Å². The first kappa shape index (κ1) is 23.7. The Morgan fingerprint density at radius 1 is 0.865 bits per heavy atom. The predicted octanol–water partition coefficient (Wildman–Crippen LogP) is 7.91. The van der Waals surface area contributed by atoms with Crippen LogP contribution in [0.1, 0.15) is 33.1 Å². The monoisotopic (exact) mass is 526 g/mol. The maximum Gasteiger partial charge on any atom is 0.255 e. The van der Waals surface area contributed by atoms with Gasteiger partial charge in [-0.2, -0.15) is 0 Å². The Kier molecular flexibility index (Phi) is 5.94. The van der Waals surface area contributed by atoms with Crippen molar-refractivity contribution in [3.05, 3.63) is 123 Å². The van der Waals surface area contributed by atoms with Gasteiger partial charge in [-0.05, 0) is 53.6 Å². The number of aryl methyl sites for hydroxylation is 1. The molecule has 0 bridgehead atoms. The maximum atomic E-state index is 13.9. The number of para-hydroxylation sites is 1. The van der Waals surface area contributed by atoms with Crippen LogP contribution in [-0.2, 0) is 13.6 Å². The van der Waals surface area contributed by atoms with Gasteiger partial charge >= 0.3 is 0 Å². The van der Waals surface area contributed by atoms with Gasteiger partial charge in [-0.1, -0.05) is 71.7 Å². The first-order valence-electron chi connectivity index (χ1n) is 12.0. The van der Waals surface area contributed by atoms with Crippen LogP contribution in [0.25, 0.3) is 22.2 Å². The summed E-state index contributed by atoms with van der Waals surface area (Å²) in [5.74, 6) is 0.794. The van der Waals surface area contributed by atoms with Crippen LogP contribution >= 0.6 is 23.2 Å². The molecule has 0 fully saturated rings. The van der Waals surface area contributed by atoms with E-state index in [-0.39, 0.29) is 11.9 Å². The van der Waals surface area contributed by atoms with E-state index in [9.17, 15) is 4.79 Å². The summed E-state index contributed by atoms with van der Waals surface area (Å²) in [6, 6.07) is 29.3. The molecule has 0 radical (unpaired) electrons. The number of nitrogens with zero attached hydrogens (tertiary/aromatic N) is 2. The number of halogens is 2. The molecule has 2 heterocycles. The summed E-state index contributed by atoms with van der Waals surface area (Å²) < 4.78 is 7.49. The first-order chi connectivity index (χ1) is 18.0.